The lowest BCUT2D eigenvalue weighted by Gasteiger charge is -2.16. The van der Waals surface area contributed by atoms with E-state index in [0.717, 1.165) is 22.2 Å². The second kappa shape index (κ2) is 4.88. The van der Waals surface area contributed by atoms with Crippen molar-refractivity contribution in [1.29, 1.82) is 0 Å². The third kappa shape index (κ3) is 2.17. The molecule has 0 radical (unpaired) electrons. The Morgan fingerprint density at radius 2 is 1.57 bits per heavy atom. The van der Waals surface area contributed by atoms with Gasteiger partial charge in [-0.2, -0.15) is 0 Å². The first-order valence-corrected chi connectivity index (χ1v) is 7.14. The van der Waals surface area contributed by atoms with Crippen LogP contribution in [-0.2, 0) is 0 Å². The molecule has 1 aromatic heterocycles. The van der Waals surface area contributed by atoms with Crippen molar-refractivity contribution in [2.24, 2.45) is 0 Å². The van der Waals surface area contributed by atoms with Gasteiger partial charge in [-0.25, -0.2) is 0 Å². The Kier molecular flexibility index (Phi) is 3.16. The van der Waals surface area contributed by atoms with Gasteiger partial charge >= 0.3 is 0 Å². The molecule has 0 bridgehead atoms. The quantitative estimate of drug-likeness (QED) is 0.776. The third-order valence-corrected chi connectivity index (χ3v) is 4.01. The molecule has 0 aliphatic rings. The number of hydrogen-bond acceptors (Lipinski definition) is 3. The van der Waals surface area contributed by atoms with Crippen LogP contribution in [0.4, 0.5) is 0 Å². The number of hydrogen-bond donors (Lipinski definition) is 1. The molecule has 0 aliphatic carbocycles. The highest BCUT2D eigenvalue weighted by molar-refractivity contribution is 5.73. The van der Waals surface area contributed by atoms with Gasteiger partial charge in [-0.15, -0.1) is 15.0 Å². The summed E-state index contributed by atoms with van der Waals surface area (Å²) in [6.07, 6.45) is 0. The molecule has 108 valence electrons. The Balaban J connectivity index is 2.26. The maximum Gasteiger partial charge on any atom is 0.146 e. The molecule has 0 atom stereocenters. The highest BCUT2D eigenvalue weighted by Gasteiger charge is 2.17. The summed E-state index contributed by atoms with van der Waals surface area (Å²) in [6, 6.07) is 9.68. The first-order chi connectivity index (χ1) is 9.99. The summed E-state index contributed by atoms with van der Waals surface area (Å²) in [5.74, 6) is 0.630. The zero-order valence-electron chi connectivity index (χ0n) is 12.8. The summed E-state index contributed by atoms with van der Waals surface area (Å²) in [5.41, 5.74) is 5.50. The summed E-state index contributed by atoms with van der Waals surface area (Å²) >= 11 is 0. The van der Waals surface area contributed by atoms with E-state index in [-0.39, 0.29) is 5.75 Å². The van der Waals surface area contributed by atoms with Crippen molar-refractivity contribution < 1.29 is 5.11 Å². The minimum atomic E-state index is 0.247. The summed E-state index contributed by atoms with van der Waals surface area (Å²) in [4.78, 5) is 1.53. The van der Waals surface area contributed by atoms with Crippen molar-refractivity contribution in [3.05, 3.63) is 47.0 Å². The number of benzene rings is 2. The van der Waals surface area contributed by atoms with Gasteiger partial charge in [-0.3, -0.25) is 0 Å². The van der Waals surface area contributed by atoms with Gasteiger partial charge < -0.3 is 5.11 Å². The average molecular weight is 281 g/mol. The van der Waals surface area contributed by atoms with E-state index in [1.165, 1.54) is 10.4 Å². The maximum atomic E-state index is 10.5. The predicted molar refractivity (Wildman–Crippen MR) is 84.1 cm³/mol. The van der Waals surface area contributed by atoms with E-state index in [4.69, 9.17) is 0 Å². The molecular weight excluding hydrogens is 262 g/mol. The molecule has 0 unspecified atom stereocenters. The molecule has 0 spiro atoms. The summed E-state index contributed by atoms with van der Waals surface area (Å²) in [7, 11) is 0. The van der Waals surface area contributed by atoms with Crippen molar-refractivity contribution in [1.82, 2.24) is 15.0 Å². The minimum Gasteiger partial charge on any atom is -0.505 e. The fraction of sp³-hybridized carbons (Fsp3) is 0.294. The standard InChI is InChI=1S/C17H19N3O/c1-10(2)13-9-16(17(21)12(4)11(13)3)20-18-14-7-5-6-8-15(14)19-20/h5-10,21H,1-4H3. The molecule has 0 saturated heterocycles. The highest BCUT2D eigenvalue weighted by atomic mass is 16.3. The van der Waals surface area contributed by atoms with Gasteiger partial charge in [0, 0.05) is 0 Å². The number of phenols is 1. The van der Waals surface area contributed by atoms with Crippen molar-refractivity contribution in [2.45, 2.75) is 33.6 Å². The van der Waals surface area contributed by atoms with Gasteiger partial charge in [0.25, 0.3) is 0 Å². The molecule has 0 saturated carbocycles. The Morgan fingerprint density at radius 3 is 2.10 bits per heavy atom. The van der Waals surface area contributed by atoms with Crippen molar-refractivity contribution in [2.75, 3.05) is 0 Å². The molecule has 2 aromatic carbocycles. The van der Waals surface area contributed by atoms with Gasteiger partial charge in [0.05, 0.1) is 0 Å². The summed E-state index contributed by atoms with van der Waals surface area (Å²) in [5, 5.41) is 19.4. The third-order valence-electron chi connectivity index (χ3n) is 4.01. The second-order valence-electron chi connectivity index (χ2n) is 5.72. The van der Waals surface area contributed by atoms with Crippen LogP contribution in [0.15, 0.2) is 30.3 Å². The smallest absolute Gasteiger partial charge is 0.146 e. The van der Waals surface area contributed by atoms with E-state index < -0.39 is 0 Å². The first kappa shape index (κ1) is 13.6. The van der Waals surface area contributed by atoms with Crippen LogP contribution in [0.5, 0.6) is 5.75 Å². The van der Waals surface area contributed by atoms with E-state index in [9.17, 15) is 5.11 Å². The number of aromatic nitrogens is 3. The Bertz CT molecular complexity index is 785. The van der Waals surface area contributed by atoms with Crippen LogP contribution in [0.1, 0.15) is 36.5 Å². The average Bonchev–Trinajstić information content (AvgIpc) is 2.88. The van der Waals surface area contributed by atoms with E-state index in [2.05, 4.69) is 24.0 Å². The van der Waals surface area contributed by atoms with Crippen molar-refractivity contribution in [3.8, 4) is 11.4 Å². The fourth-order valence-electron chi connectivity index (χ4n) is 2.63. The Morgan fingerprint density at radius 1 is 1.00 bits per heavy atom. The normalized spacial score (nSPS) is 11.5. The van der Waals surface area contributed by atoms with E-state index in [1.54, 1.807) is 0 Å². The first-order valence-electron chi connectivity index (χ1n) is 7.14. The molecule has 1 heterocycles. The van der Waals surface area contributed by atoms with Crippen molar-refractivity contribution in [3.63, 3.8) is 0 Å². The minimum absolute atomic E-state index is 0.247. The SMILES string of the molecule is Cc1c(C(C)C)cc(-n2nc3ccccc3n2)c(O)c1C. The fourth-order valence-corrected chi connectivity index (χ4v) is 2.63. The topological polar surface area (TPSA) is 50.9 Å². The predicted octanol–water partition coefficient (Wildman–Crippen LogP) is 3.87. The highest BCUT2D eigenvalue weighted by Crippen LogP contribution is 2.33. The zero-order chi connectivity index (χ0) is 15.1. The summed E-state index contributed by atoms with van der Waals surface area (Å²) in [6.45, 7) is 8.27. The van der Waals surface area contributed by atoms with E-state index >= 15 is 0 Å². The molecule has 21 heavy (non-hydrogen) atoms. The van der Waals surface area contributed by atoms with Crippen LogP contribution in [0, 0.1) is 13.8 Å². The molecule has 3 rings (SSSR count). The zero-order valence-corrected chi connectivity index (χ0v) is 12.8. The van der Waals surface area contributed by atoms with E-state index in [1.807, 2.05) is 44.2 Å². The van der Waals surface area contributed by atoms with Crippen LogP contribution >= 0.6 is 0 Å². The molecule has 3 aromatic rings. The Hall–Kier alpha value is -2.36. The lowest BCUT2D eigenvalue weighted by molar-refractivity contribution is 0.462. The molecule has 0 aliphatic heterocycles. The van der Waals surface area contributed by atoms with E-state index in [0.29, 0.717) is 11.6 Å². The van der Waals surface area contributed by atoms with Gasteiger partial charge in [-0.1, -0.05) is 26.0 Å². The Labute approximate surface area is 124 Å². The molecule has 0 fully saturated rings. The monoisotopic (exact) mass is 281 g/mol. The van der Waals surface area contributed by atoms with Gasteiger partial charge in [0.15, 0.2) is 0 Å². The van der Waals surface area contributed by atoms with Crippen LogP contribution in [0.2, 0.25) is 0 Å². The lowest BCUT2D eigenvalue weighted by atomic mass is 9.93. The number of rotatable bonds is 2. The van der Waals surface area contributed by atoms with Crippen LogP contribution in [-0.4, -0.2) is 20.1 Å². The lowest BCUT2D eigenvalue weighted by Crippen LogP contribution is -2.04. The molecular formula is C17H19N3O. The van der Waals surface area contributed by atoms with Gasteiger partial charge in [0.1, 0.15) is 22.5 Å². The maximum absolute atomic E-state index is 10.5. The van der Waals surface area contributed by atoms with Gasteiger partial charge in [-0.05, 0) is 54.7 Å². The summed E-state index contributed by atoms with van der Waals surface area (Å²) < 4.78 is 0. The van der Waals surface area contributed by atoms with Crippen molar-refractivity contribution >= 4 is 11.0 Å². The second-order valence-corrected chi connectivity index (χ2v) is 5.72. The van der Waals surface area contributed by atoms with Crippen LogP contribution < -0.4 is 0 Å². The van der Waals surface area contributed by atoms with Crippen LogP contribution in [0.25, 0.3) is 16.7 Å². The molecule has 1 N–H and O–H groups in total. The number of fused-ring (bicyclic) bond motifs is 1. The molecule has 0 amide bonds. The van der Waals surface area contributed by atoms with Crippen LogP contribution in [0.3, 0.4) is 0 Å². The molecule has 4 heteroatoms. The number of aromatic hydroxyl groups is 1. The largest absolute Gasteiger partial charge is 0.505 e. The molecule has 4 nitrogen and oxygen atoms in total. The van der Waals surface area contributed by atoms with Gasteiger partial charge in [0.2, 0.25) is 0 Å². The number of nitrogens with zero attached hydrogens (tertiary/aromatic N) is 3. The number of phenolic OH excluding ortho intramolecular Hbond substituents is 1.